The van der Waals surface area contributed by atoms with Crippen LogP contribution >= 0.6 is 23.7 Å². The molecule has 5 nitrogen and oxygen atoms in total. The SMILES string of the molecule is Cl.O=C(Nc1nc(-c2ccco2)cs1)C1CCNC1. The highest BCUT2D eigenvalue weighted by atomic mass is 35.5. The normalized spacial score (nSPS) is 18.0. The summed E-state index contributed by atoms with van der Waals surface area (Å²) in [5, 5.41) is 8.53. The van der Waals surface area contributed by atoms with Crippen LogP contribution in [0.3, 0.4) is 0 Å². The molecule has 1 amide bonds. The zero-order valence-corrected chi connectivity index (χ0v) is 11.7. The molecule has 2 aromatic rings. The molecule has 1 aliphatic rings. The summed E-state index contributed by atoms with van der Waals surface area (Å²) in [6, 6.07) is 3.67. The number of thiazole rings is 1. The third kappa shape index (κ3) is 3.15. The molecule has 3 rings (SSSR count). The van der Waals surface area contributed by atoms with E-state index in [1.54, 1.807) is 6.26 Å². The molecule has 3 heterocycles. The summed E-state index contributed by atoms with van der Waals surface area (Å²) in [5.41, 5.74) is 0.754. The van der Waals surface area contributed by atoms with E-state index in [1.807, 2.05) is 17.5 Å². The number of halogens is 1. The van der Waals surface area contributed by atoms with Gasteiger partial charge in [0, 0.05) is 11.9 Å². The Kier molecular flexibility index (Phi) is 4.57. The number of aromatic nitrogens is 1. The molecule has 0 saturated carbocycles. The van der Waals surface area contributed by atoms with E-state index in [9.17, 15) is 4.79 Å². The summed E-state index contributed by atoms with van der Waals surface area (Å²) in [5.74, 6) is 0.815. The van der Waals surface area contributed by atoms with Crippen LogP contribution in [0.1, 0.15) is 6.42 Å². The molecule has 0 aliphatic carbocycles. The number of furan rings is 1. The third-order valence-corrected chi connectivity index (χ3v) is 3.70. The smallest absolute Gasteiger partial charge is 0.230 e. The quantitative estimate of drug-likeness (QED) is 0.913. The molecular weight excluding hydrogens is 286 g/mol. The number of hydrogen-bond donors (Lipinski definition) is 2. The Bertz CT molecular complexity index is 535. The third-order valence-electron chi connectivity index (χ3n) is 2.94. The second kappa shape index (κ2) is 6.18. The van der Waals surface area contributed by atoms with E-state index in [2.05, 4.69) is 15.6 Å². The van der Waals surface area contributed by atoms with Crippen LogP contribution in [0, 0.1) is 5.92 Å². The predicted molar refractivity (Wildman–Crippen MR) is 76.7 cm³/mol. The second-order valence-corrected chi connectivity index (χ2v) is 5.05. The number of nitrogens with zero attached hydrogens (tertiary/aromatic N) is 1. The van der Waals surface area contributed by atoms with Crippen LogP contribution in [-0.2, 0) is 4.79 Å². The summed E-state index contributed by atoms with van der Waals surface area (Å²) in [7, 11) is 0. The van der Waals surface area contributed by atoms with Crippen LogP contribution in [0.5, 0.6) is 0 Å². The maximum Gasteiger partial charge on any atom is 0.230 e. The first kappa shape index (κ1) is 14.0. The fraction of sp³-hybridized carbons (Fsp3) is 0.333. The van der Waals surface area contributed by atoms with Gasteiger partial charge in [-0.15, -0.1) is 23.7 Å². The number of carbonyl (C=O) groups excluding carboxylic acids is 1. The van der Waals surface area contributed by atoms with Crippen molar-refractivity contribution >= 4 is 34.8 Å². The summed E-state index contributed by atoms with van der Waals surface area (Å²) in [6.45, 7) is 1.66. The molecule has 0 spiro atoms. The fourth-order valence-corrected chi connectivity index (χ4v) is 2.66. The van der Waals surface area contributed by atoms with Crippen LogP contribution in [-0.4, -0.2) is 24.0 Å². The number of rotatable bonds is 3. The molecule has 1 fully saturated rings. The van der Waals surface area contributed by atoms with Crippen molar-refractivity contribution in [3.05, 3.63) is 23.8 Å². The van der Waals surface area contributed by atoms with Gasteiger partial charge in [-0.1, -0.05) is 0 Å². The molecule has 102 valence electrons. The number of carbonyl (C=O) groups is 1. The lowest BCUT2D eigenvalue weighted by Crippen LogP contribution is -2.24. The highest BCUT2D eigenvalue weighted by molar-refractivity contribution is 7.14. The Morgan fingerprint density at radius 1 is 1.58 bits per heavy atom. The van der Waals surface area contributed by atoms with Crippen LogP contribution in [0.15, 0.2) is 28.2 Å². The largest absolute Gasteiger partial charge is 0.463 e. The molecule has 19 heavy (non-hydrogen) atoms. The first-order valence-electron chi connectivity index (χ1n) is 5.84. The fourth-order valence-electron chi connectivity index (χ4n) is 1.95. The Morgan fingerprint density at radius 3 is 3.16 bits per heavy atom. The molecule has 0 bridgehead atoms. The van der Waals surface area contributed by atoms with Gasteiger partial charge in [0.1, 0.15) is 5.69 Å². The topological polar surface area (TPSA) is 67.2 Å². The zero-order chi connectivity index (χ0) is 12.4. The van der Waals surface area contributed by atoms with Crippen molar-refractivity contribution in [1.82, 2.24) is 10.3 Å². The van der Waals surface area contributed by atoms with E-state index in [4.69, 9.17) is 4.42 Å². The van der Waals surface area contributed by atoms with E-state index in [0.717, 1.165) is 25.2 Å². The minimum absolute atomic E-state index is 0. The highest BCUT2D eigenvalue weighted by Crippen LogP contribution is 2.25. The van der Waals surface area contributed by atoms with Gasteiger partial charge in [-0.25, -0.2) is 4.98 Å². The lowest BCUT2D eigenvalue weighted by molar-refractivity contribution is -0.119. The second-order valence-electron chi connectivity index (χ2n) is 4.19. The van der Waals surface area contributed by atoms with Gasteiger partial charge in [0.05, 0.1) is 12.2 Å². The van der Waals surface area contributed by atoms with Crippen molar-refractivity contribution in [1.29, 1.82) is 0 Å². The van der Waals surface area contributed by atoms with Gasteiger partial charge >= 0.3 is 0 Å². The van der Waals surface area contributed by atoms with Crippen molar-refractivity contribution < 1.29 is 9.21 Å². The van der Waals surface area contributed by atoms with E-state index < -0.39 is 0 Å². The van der Waals surface area contributed by atoms with Gasteiger partial charge in [-0.2, -0.15) is 0 Å². The van der Waals surface area contributed by atoms with Crippen molar-refractivity contribution in [2.24, 2.45) is 5.92 Å². The number of nitrogens with one attached hydrogen (secondary N) is 2. The average molecular weight is 300 g/mol. The van der Waals surface area contributed by atoms with E-state index in [-0.39, 0.29) is 24.2 Å². The van der Waals surface area contributed by atoms with Gasteiger partial charge < -0.3 is 15.1 Å². The number of hydrogen-bond acceptors (Lipinski definition) is 5. The average Bonchev–Trinajstić information content (AvgIpc) is 3.12. The van der Waals surface area contributed by atoms with Gasteiger partial charge in [0.15, 0.2) is 10.9 Å². The Hall–Kier alpha value is -1.37. The molecule has 1 atom stereocenters. The van der Waals surface area contributed by atoms with Crippen molar-refractivity contribution in [3.8, 4) is 11.5 Å². The predicted octanol–water partition coefficient (Wildman–Crippen LogP) is 2.37. The molecular formula is C12H14ClN3O2S. The Balaban J connectivity index is 0.00000133. The van der Waals surface area contributed by atoms with Crippen molar-refractivity contribution in [2.75, 3.05) is 18.4 Å². The molecule has 7 heteroatoms. The number of amides is 1. The van der Waals surface area contributed by atoms with Crippen LogP contribution in [0.25, 0.3) is 11.5 Å². The molecule has 1 aliphatic heterocycles. The maximum absolute atomic E-state index is 11.9. The minimum Gasteiger partial charge on any atom is -0.463 e. The molecule has 0 radical (unpaired) electrons. The monoisotopic (exact) mass is 299 g/mol. The Labute approximate surface area is 120 Å². The summed E-state index contributed by atoms with van der Waals surface area (Å²) >= 11 is 1.41. The van der Waals surface area contributed by atoms with E-state index in [0.29, 0.717) is 10.9 Å². The molecule has 0 aromatic carbocycles. The number of anilines is 1. The highest BCUT2D eigenvalue weighted by Gasteiger charge is 2.23. The van der Waals surface area contributed by atoms with E-state index in [1.165, 1.54) is 11.3 Å². The summed E-state index contributed by atoms with van der Waals surface area (Å²) in [4.78, 5) is 16.2. The molecule has 2 aromatic heterocycles. The van der Waals surface area contributed by atoms with Crippen molar-refractivity contribution in [3.63, 3.8) is 0 Å². The van der Waals surface area contributed by atoms with Gasteiger partial charge in [-0.3, -0.25) is 4.79 Å². The first-order chi connectivity index (χ1) is 8.83. The lowest BCUT2D eigenvalue weighted by atomic mass is 10.1. The van der Waals surface area contributed by atoms with Gasteiger partial charge in [-0.05, 0) is 25.1 Å². The van der Waals surface area contributed by atoms with Gasteiger partial charge in [0.25, 0.3) is 0 Å². The Morgan fingerprint density at radius 2 is 2.47 bits per heavy atom. The summed E-state index contributed by atoms with van der Waals surface area (Å²) < 4.78 is 5.26. The van der Waals surface area contributed by atoms with Gasteiger partial charge in [0.2, 0.25) is 5.91 Å². The minimum atomic E-state index is 0. The van der Waals surface area contributed by atoms with Crippen LogP contribution < -0.4 is 10.6 Å². The molecule has 2 N–H and O–H groups in total. The molecule has 1 saturated heterocycles. The zero-order valence-electron chi connectivity index (χ0n) is 10.1. The lowest BCUT2D eigenvalue weighted by Gasteiger charge is -2.06. The summed E-state index contributed by atoms with van der Waals surface area (Å²) in [6.07, 6.45) is 2.50. The van der Waals surface area contributed by atoms with Crippen LogP contribution in [0.2, 0.25) is 0 Å². The van der Waals surface area contributed by atoms with E-state index >= 15 is 0 Å². The molecule has 1 unspecified atom stereocenters. The maximum atomic E-state index is 11.9. The standard InChI is InChI=1S/C12H13N3O2S.ClH/c16-11(8-3-4-13-6-8)15-12-14-9(7-18-12)10-2-1-5-17-10;/h1-2,5,7-8,13H,3-4,6H2,(H,14,15,16);1H. The van der Waals surface area contributed by atoms with Crippen molar-refractivity contribution in [2.45, 2.75) is 6.42 Å². The first-order valence-corrected chi connectivity index (χ1v) is 6.72. The van der Waals surface area contributed by atoms with Crippen LogP contribution in [0.4, 0.5) is 5.13 Å².